The summed E-state index contributed by atoms with van der Waals surface area (Å²) in [6.07, 6.45) is 0.913. The van der Waals surface area contributed by atoms with E-state index in [0.29, 0.717) is 19.1 Å². The van der Waals surface area contributed by atoms with Gasteiger partial charge in [-0.15, -0.1) is 0 Å². The summed E-state index contributed by atoms with van der Waals surface area (Å²) in [5.74, 6) is 1.33. The van der Waals surface area contributed by atoms with Crippen LogP contribution in [0.25, 0.3) is 0 Å². The van der Waals surface area contributed by atoms with Crippen LogP contribution in [0.3, 0.4) is 0 Å². The molecule has 146 valence electrons. The summed E-state index contributed by atoms with van der Waals surface area (Å²) in [6.45, 7) is 9.96. The number of nitrogens with two attached hydrogens (primary N) is 1. The Morgan fingerprint density at radius 3 is 2.96 bits per heavy atom. The van der Waals surface area contributed by atoms with Crippen LogP contribution in [0.5, 0.6) is 5.75 Å². The van der Waals surface area contributed by atoms with Crippen LogP contribution in [0, 0.1) is 0 Å². The summed E-state index contributed by atoms with van der Waals surface area (Å²) < 4.78 is 16.5. The average Bonchev–Trinajstić information content (AvgIpc) is 2.67. The van der Waals surface area contributed by atoms with E-state index < -0.39 is 0 Å². The topological polar surface area (TPSA) is 81.3 Å². The Balaban J connectivity index is 1.67. The largest absolute Gasteiger partial charge is 0.492 e. The molecule has 0 radical (unpaired) electrons. The van der Waals surface area contributed by atoms with Gasteiger partial charge in [-0.3, -0.25) is 4.90 Å². The van der Waals surface area contributed by atoms with Crippen molar-refractivity contribution in [2.75, 3.05) is 59.2 Å². The van der Waals surface area contributed by atoms with Crippen LogP contribution in [0.1, 0.15) is 18.9 Å². The molecule has 1 aliphatic rings. The van der Waals surface area contributed by atoms with Crippen molar-refractivity contribution in [3.05, 3.63) is 29.8 Å². The van der Waals surface area contributed by atoms with Gasteiger partial charge in [-0.05, 0) is 31.0 Å². The highest BCUT2D eigenvalue weighted by molar-refractivity contribution is 5.77. The van der Waals surface area contributed by atoms with Gasteiger partial charge in [0.1, 0.15) is 12.4 Å². The van der Waals surface area contributed by atoms with Crippen LogP contribution < -0.4 is 15.8 Å². The molecule has 3 N–H and O–H groups in total. The van der Waals surface area contributed by atoms with E-state index in [2.05, 4.69) is 15.2 Å². The zero-order chi connectivity index (χ0) is 18.5. The zero-order valence-corrected chi connectivity index (χ0v) is 15.8. The van der Waals surface area contributed by atoms with E-state index in [1.54, 1.807) is 0 Å². The Morgan fingerprint density at radius 1 is 1.31 bits per heavy atom. The minimum absolute atomic E-state index is 0.458. The van der Waals surface area contributed by atoms with Crippen molar-refractivity contribution >= 4 is 5.96 Å². The van der Waals surface area contributed by atoms with Crippen molar-refractivity contribution in [2.24, 2.45) is 10.7 Å². The number of rotatable bonds is 11. The second-order valence-corrected chi connectivity index (χ2v) is 6.13. The second kappa shape index (κ2) is 12.5. The maximum absolute atomic E-state index is 5.89. The predicted molar refractivity (Wildman–Crippen MR) is 104 cm³/mol. The van der Waals surface area contributed by atoms with E-state index in [9.17, 15) is 0 Å². The normalized spacial score (nSPS) is 15.8. The third-order valence-electron chi connectivity index (χ3n) is 4.09. The Morgan fingerprint density at radius 2 is 2.15 bits per heavy atom. The summed E-state index contributed by atoms with van der Waals surface area (Å²) in [4.78, 5) is 6.73. The lowest BCUT2D eigenvalue weighted by Gasteiger charge is -2.26. The molecule has 0 saturated carbocycles. The first kappa shape index (κ1) is 20.5. The number of aliphatic imine (C=N–C) groups is 1. The number of nitrogens with one attached hydrogen (secondary N) is 1. The second-order valence-electron chi connectivity index (χ2n) is 6.13. The number of ether oxygens (including phenoxy) is 3. The molecule has 0 amide bonds. The number of morpholine rings is 1. The van der Waals surface area contributed by atoms with Crippen LogP contribution >= 0.6 is 0 Å². The van der Waals surface area contributed by atoms with Crippen molar-refractivity contribution in [3.63, 3.8) is 0 Å². The van der Waals surface area contributed by atoms with Gasteiger partial charge >= 0.3 is 0 Å². The van der Waals surface area contributed by atoms with Gasteiger partial charge in [-0.2, -0.15) is 0 Å². The highest BCUT2D eigenvalue weighted by Crippen LogP contribution is 2.14. The fourth-order valence-corrected chi connectivity index (χ4v) is 2.62. The van der Waals surface area contributed by atoms with E-state index in [0.717, 1.165) is 70.3 Å². The Labute approximate surface area is 156 Å². The molecule has 0 spiro atoms. The van der Waals surface area contributed by atoms with Crippen molar-refractivity contribution in [3.8, 4) is 5.75 Å². The lowest BCUT2D eigenvalue weighted by atomic mass is 10.2. The molecule has 1 fully saturated rings. The molecule has 1 aliphatic heterocycles. The lowest BCUT2D eigenvalue weighted by Crippen LogP contribution is -2.38. The highest BCUT2D eigenvalue weighted by Gasteiger charge is 2.09. The molecule has 1 heterocycles. The number of guanidine groups is 1. The van der Waals surface area contributed by atoms with E-state index >= 15 is 0 Å². The molecule has 7 nitrogen and oxygen atoms in total. The molecule has 1 aromatic rings. The standard InChI is InChI=1S/C19H32N4O3/c1-2-24-11-4-7-21-19(20)22-16-17-5-3-6-18(15-17)26-14-10-23-8-12-25-13-9-23/h3,5-6,15H,2,4,7-14,16H2,1H3,(H3,20,21,22). The molecule has 0 unspecified atom stereocenters. The van der Waals surface area contributed by atoms with Gasteiger partial charge in [0.2, 0.25) is 0 Å². The van der Waals surface area contributed by atoms with Crippen molar-refractivity contribution in [1.82, 2.24) is 10.2 Å². The first-order valence-corrected chi connectivity index (χ1v) is 9.41. The predicted octanol–water partition coefficient (Wildman–Crippen LogP) is 1.23. The summed E-state index contributed by atoms with van der Waals surface area (Å²) in [7, 11) is 0. The molecule has 26 heavy (non-hydrogen) atoms. The van der Waals surface area contributed by atoms with Gasteiger partial charge in [0.25, 0.3) is 0 Å². The fourth-order valence-electron chi connectivity index (χ4n) is 2.62. The molecule has 1 aromatic carbocycles. The molecule has 7 heteroatoms. The van der Waals surface area contributed by atoms with Gasteiger partial charge in [0.15, 0.2) is 5.96 Å². The summed E-state index contributed by atoms with van der Waals surface area (Å²) in [5.41, 5.74) is 6.97. The lowest BCUT2D eigenvalue weighted by molar-refractivity contribution is 0.0322. The third kappa shape index (κ3) is 8.51. The molecule has 1 saturated heterocycles. The van der Waals surface area contributed by atoms with E-state index in [4.69, 9.17) is 19.9 Å². The summed E-state index contributed by atoms with van der Waals surface area (Å²) in [5, 5.41) is 3.10. The van der Waals surface area contributed by atoms with Gasteiger partial charge < -0.3 is 25.3 Å². The quantitative estimate of drug-likeness (QED) is 0.349. The maximum Gasteiger partial charge on any atom is 0.188 e. The Kier molecular flexibility index (Phi) is 9.86. The minimum Gasteiger partial charge on any atom is -0.492 e. The maximum atomic E-state index is 5.89. The van der Waals surface area contributed by atoms with E-state index in [1.165, 1.54) is 0 Å². The SMILES string of the molecule is CCOCCCNC(N)=NCc1cccc(OCCN2CCOCC2)c1. The summed E-state index contributed by atoms with van der Waals surface area (Å²) >= 11 is 0. The molecule has 0 aromatic heterocycles. The number of nitrogens with zero attached hydrogens (tertiary/aromatic N) is 2. The molecule has 0 atom stereocenters. The van der Waals surface area contributed by atoms with E-state index in [1.807, 2.05) is 31.2 Å². The number of hydrogen-bond acceptors (Lipinski definition) is 5. The Bertz CT molecular complexity index is 533. The molecule has 0 bridgehead atoms. The minimum atomic E-state index is 0.458. The fraction of sp³-hybridized carbons (Fsp3) is 0.632. The third-order valence-corrected chi connectivity index (χ3v) is 4.09. The zero-order valence-electron chi connectivity index (χ0n) is 15.8. The van der Waals surface area contributed by atoms with Crippen molar-refractivity contribution in [1.29, 1.82) is 0 Å². The first-order chi connectivity index (χ1) is 12.8. The number of hydrogen-bond donors (Lipinski definition) is 2. The van der Waals surface area contributed by atoms with E-state index in [-0.39, 0.29) is 0 Å². The molecule has 2 rings (SSSR count). The molecular formula is C19H32N4O3. The van der Waals surface area contributed by atoms with Crippen molar-refractivity contribution < 1.29 is 14.2 Å². The average molecular weight is 364 g/mol. The van der Waals surface area contributed by atoms with Crippen LogP contribution in [0.4, 0.5) is 0 Å². The van der Waals surface area contributed by atoms with Gasteiger partial charge in [0.05, 0.1) is 19.8 Å². The van der Waals surface area contributed by atoms with Gasteiger partial charge in [-0.25, -0.2) is 4.99 Å². The van der Waals surface area contributed by atoms with Crippen LogP contribution in [0.2, 0.25) is 0 Å². The molecule has 0 aliphatic carbocycles. The Hall–Kier alpha value is -1.83. The van der Waals surface area contributed by atoms with Crippen LogP contribution in [-0.4, -0.2) is 70.1 Å². The van der Waals surface area contributed by atoms with Crippen molar-refractivity contribution in [2.45, 2.75) is 19.9 Å². The summed E-state index contributed by atoms with van der Waals surface area (Å²) in [6, 6.07) is 8.01. The van der Waals surface area contributed by atoms with Gasteiger partial charge in [0, 0.05) is 39.4 Å². The number of benzene rings is 1. The smallest absolute Gasteiger partial charge is 0.188 e. The monoisotopic (exact) mass is 364 g/mol. The van der Waals surface area contributed by atoms with Crippen LogP contribution in [0.15, 0.2) is 29.3 Å². The highest BCUT2D eigenvalue weighted by atomic mass is 16.5. The molecular weight excluding hydrogens is 332 g/mol. The first-order valence-electron chi connectivity index (χ1n) is 9.41. The van der Waals surface area contributed by atoms with Crippen LogP contribution in [-0.2, 0) is 16.0 Å². The van der Waals surface area contributed by atoms with Gasteiger partial charge in [-0.1, -0.05) is 12.1 Å².